The van der Waals surface area contributed by atoms with Crippen molar-refractivity contribution in [2.24, 2.45) is 0 Å². The molecule has 2 heterocycles. The molecule has 1 aromatic heterocycles. The van der Waals surface area contributed by atoms with E-state index in [1.54, 1.807) is 29.7 Å². The molecule has 142 valence electrons. The molecule has 1 aliphatic rings. The van der Waals surface area contributed by atoms with Crippen LogP contribution in [0.3, 0.4) is 0 Å². The molecule has 3 rings (SSSR count). The summed E-state index contributed by atoms with van der Waals surface area (Å²) in [6.45, 7) is 5.62. The second-order valence-electron chi connectivity index (χ2n) is 6.37. The summed E-state index contributed by atoms with van der Waals surface area (Å²) in [5.74, 6) is -1.57. The summed E-state index contributed by atoms with van der Waals surface area (Å²) in [5.41, 5.74) is 2.40. The van der Waals surface area contributed by atoms with Crippen molar-refractivity contribution in [1.82, 2.24) is 14.8 Å². The molecule has 1 fully saturated rings. The van der Waals surface area contributed by atoms with Crippen LogP contribution in [0.4, 0.5) is 9.18 Å². The van der Waals surface area contributed by atoms with Crippen LogP contribution in [0.15, 0.2) is 30.3 Å². The van der Waals surface area contributed by atoms with Crippen molar-refractivity contribution < 1.29 is 23.5 Å². The fourth-order valence-corrected chi connectivity index (χ4v) is 3.13. The highest BCUT2D eigenvalue weighted by molar-refractivity contribution is 5.99. The summed E-state index contributed by atoms with van der Waals surface area (Å²) in [5, 5.41) is 2.53. The number of hydrogen-bond donors (Lipinski definition) is 1. The van der Waals surface area contributed by atoms with E-state index in [1.165, 1.54) is 19.1 Å². The summed E-state index contributed by atoms with van der Waals surface area (Å²) >= 11 is 0. The Kier molecular flexibility index (Phi) is 4.98. The van der Waals surface area contributed by atoms with E-state index in [4.69, 9.17) is 4.74 Å². The Bertz CT molecular complexity index is 904. The zero-order valence-electron chi connectivity index (χ0n) is 15.3. The summed E-state index contributed by atoms with van der Waals surface area (Å²) in [7, 11) is 0. The number of nitrogens with zero attached hydrogens (tertiary/aromatic N) is 2. The number of urea groups is 1. The van der Waals surface area contributed by atoms with E-state index >= 15 is 0 Å². The minimum atomic E-state index is -1.09. The molecule has 0 bridgehead atoms. The lowest BCUT2D eigenvalue weighted by molar-refractivity contribution is -0.136. The number of imide groups is 1. The van der Waals surface area contributed by atoms with Gasteiger partial charge in [-0.25, -0.2) is 14.0 Å². The number of amides is 3. The first-order valence-electron chi connectivity index (χ1n) is 8.54. The SMILES string of the molecule is Cc1cc(C(=O)OC(C)C(=O)N2CCNC2=O)c(C)n1-c1ccc(F)cc1. The van der Waals surface area contributed by atoms with Crippen molar-refractivity contribution in [3.05, 3.63) is 53.1 Å². The first-order valence-corrected chi connectivity index (χ1v) is 8.54. The van der Waals surface area contributed by atoms with Gasteiger partial charge in [0, 0.05) is 30.2 Å². The number of benzene rings is 1. The Balaban J connectivity index is 1.79. The number of nitrogens with one attached hydrogen (secondary N) is 1. The molecule has 3 amide bonds. The maximum absolute atomic E-state index is 13.2. The maximum atomic E-state index is 13.2. The molecule has 0 radical (unpaired) electrons. The zero-order chi connectivity index (χ0) is 19.7. The lowest BCUT2D eigenvalue weighted by atomic mass is 10.2. The van der Waals surface area contributed by atoms with E-state index in [9.17, 15) is 18.8 Å². The minimum absolute atomic E-state index is 0.249. The van der Waals surface area contributed by atoms with Gasteiger partial charge in [0.15, 0.2) is 6.10 Å². The number of carbonyl (C=O) groups excluding carboxylic acids is 3. The fraction of sp³-hybridized carbons (Fsp3) is 0.316. The van der Waals surface area contributed by atoms with Crippen molar-refractivity contribution in [3.63, 3.8) is 0 Å². The number of rotatable bonds is 4. The van der Waals surface area contributed by atoms with Gasteiger partial charge >= 0.3 is 12.0 Å². The van der Waals surface area contributed by atoms with Crippen LogP contribution < -0.4 is 5.32 Å². The van der Waals surface area contributed by atoms with Crippen LogP contribution in [0.2, 0.25) is 0 Å². The molecule has 1 aliphatic heterocycles. The van der Waals surface area contributed by atoms with Crippen LogP contribution in [0.25, 0.3) is 5.69 Å². The standard InChI is InChI=1S/C19H20FN3O4/c1-11-10-16(12(2)23(11)15-6-4-14(20)5-7-15)18(25)27-13(3)17(24)22-9-8-21-19(22)26/h4-7,10,13H,8-9H2,1-3H3,(H,21,26). The molecule has 8 heteroatoms. The van der Waals surface area contributed by atoms with Crippen LogP contribution >= 0.6 is 0 Å². The van der Waals surface area contributed by atoms with Crippen LogP contribution in [-0.2, 0) is 9.53 Å². The van der Waals surface area contributed by atoms with Gasteiger partial charge in [0.05, 0.1) is 5.56 Å². The van der Waals surface area contributed by atoms with Gasteiger partial charge in [0.1, 0.15) is 5.82 Å². The van der Waals surface area contributed by atoms with Gasteiger partial charge < -0.3 is 14.6 Å². The predicted molar refractivity (Wildman–Crippen MR) is 95.2 cm³/mol. The highest BCUT2D eigenvalue weighted by atomic mass is 19.1. The Morgan fingerprint density at radius 3 is 2.48 bits per heavy atom. The first-order chi connectivity index (χ1) is 12.8. The molecular formula is C19H20FN3O4. The Morgan fingerprint density at radius 1 is 1.22 bits per heavy atom. The van der Waals surface area contributed by atoms with Gasteiger partial charge in [-0.3, -0.25) is 9.69 Å². The fourth-order valence-electron chi connectivity index (χ4n) is 3.13. The van der Waals surface area contributed by atoms with Crippen molar-refractivity contribution in [3.8, 4) is 5.69 Å². The Labute approximate surface area is 155 Å². The largest absolute Gasteiger partial charge is 0.449 e. The monoisotopic (exact) mass is 373 g/mol. The third-order valence-corrected chi connectivity index (χ3v) is 4.49. The van der Waals surface area contributed by atoms with E-state index < -0.39 is 24.0 Å². The first kappa shape index (κ1) is 18.6. The minimum Gasteiger partial charge on any atom is -0.449 e. The summed E-state index contributed by atoms with van der Waals surface area (Å²) in [6, 6.07) is 7.07. The number of halogens is 1. The van der Waals surface area contributed by atoms with E-state index in [1.807, 2.05) is 6.92 Å². The number of aromatic nitrogens is 1. The summed E-state index contributed by atoms with van der Waals surface area (Å²) < 4.78 is 20.2. The van der Waals surface area contributed by atoms with Gasteiger partial charge in [-0.05, 0) is 51.1 Å². The molecule has 1 atom stereocenters. The average molecular weight is 373 g/mol. The zero-order valence-corrected chi connectivity index (χ0v) is 15.3. The van der Waals surface area contributed by atoms with E-state index in [2.05, 4.69) is 5.32 Å². The quantitative estimate of drug-likeness (QED) is 0.834. The van der Waals surface area contributed by atoms with Crippen molar-refractivity contribution in [1.29, 1.82) is 0 Å². The second kappa shape index (κ2) is 7.22. The predicted octanol–water partition coefficient (Wildman–Crippen LogP) is 2.33. The van der Waals surface area contributed by atoms with Gasteiger partial charge in [-0.2, -0.15) is 0 Å². The molecule has 1 N–H and O–H groups in total. The normalized spacial score (nSPS) is 14.8. The molecule has 0 spiro atoms. The lowest BCUT2D eigenvalue weighted by Gasteiger charge is -2.18. The molecule has 0 aliphatic carbocycles. The van der Waals surface area contributed by atoms with E-state index in [0.717, 1.165) is 10.6 Å². The Morgan fingerprint density at radius 2 is 1.89 bits per heavy atom. The summed E-state index contributed by atoms with van der Waals surface area (Å²) in [6.07, 6.45) is -1.09. The van der Waals surface area contributed by atoms with Gasteiger partial charge in [0.2, 0.25) is 0 Å². The van der Waals surface area contributed by atoms with Crippen LogP contribution in [-0.4, -0.2) is 46.6 Å². The molecular weight excluding hydrogens is 353 g/mol. The number of esters is 1. The second-order valence-corrected chi connectivity index (χ2v) is 6.37. The molecule has 1 aromatic carbocycles. The van der Waals surface area contributed by atoms with Crippen molar-refractivity contribution in [2.45, 2.75) is 26.9 Å². The van der Waals surface area contributed by atoms with Crippen molar-refractivity contribution in [2.75, 3.05) is 13.1 Å². The van der Waals surface area contributed by atoms with Gasteiger partial charge in [-0.15, -0.1) is 0 Å². The number of aryl methyl sites for hydroxylation is 1. The molecule has 1 unspecified atom stereocenters. The van der Waals surface area contributed by atoms with Crippen LogP contribution in [0.5, 0.6) is 0 Å². The molecule has 0 saturated carbocycles. The molecule has 7 nitrogen and oxygen atoms in total. The summed E-state index contributed by atoms with van der Waals surface area (Å²) in [4.78, 5) is 37.5. The third-order valence-electron chi connectivity index (χ3n) is 4.49. The van der Waals surface area contributed by atoms with Crippen LogP contribution in [0, 0.1) is 19.7 Å². The molecule has 1 saturated heterocycles. The Hall–Kier alpha value is -3.16. The van der Waals surface area contributed by atoms with Gasteiger partial charge in [0.25, 0.3) is 5.91 Å². The van der Waals surface area contributed by atoms with E-state index in [-0.39, 0.29) is 12.4 Å². The topological polar surface area (TPSA) is 80.6 Å². The number of carbonyl (C=O) groups is 3. The highest BCUT2D eigenvalue weighted by Gasteiger charge is 2.32. The van der Waals surface area contributed by atoms with E-state index in [0.29, 0.717) is 23.5 Å². The third kappa shape index (κ3) is 3.55. The van der Waals surface area contributed by atoms with Crippen molar-refractivity contribution >= 4 is 17.9 Å². The number of ether oxygens (including phenoxy) is 1. The van der Waals surface area contributed by atoms with Gasteiger partial charge in [-0.1, -0.05) is 0 Å². The lowest BCUT2D eigenvalue weighted by Crippen LogP contribution is -2.41. The maximum Gasteiger partial charge on any atom is 0.340 e. The smallest absolute Gasteiger partial charge is 0.340 e. The molecule has 27 heavy (non-hydrogen) atoms. The average Bonchev–Trinajstić information content (AvgIpc) is 3.18. The molecule has 2 aromatic rings. The number of hydrogen-bond acceptors (Lipinski definition) is 4. The highest BCUT2D eigenvalue weighted by Crippen LogP contribution is 2.22. The van der Waals surface area contributed by atoms with Crippen LogP contribution in [0.1, 0.15) is 28.7 Å².